The number of benzene rings is 3. The van der Waals surface area contributed by atoms with E-state index in [0.717, 1.165) is 17.0 Å². The zero-order valence-electron chi connectivity index (χ0n) is 54.9. The number of likely N-dealkylation sites (N-methyl/N-ethyl adjacent to an activating group) is 2. The summed E-state index contributed by atoms with van der Waals surface area (Å²) in [5.41, 5.74) is 3.26. The molecule has 10 atom stereocenters. The number of unbranched alkanes of at least 4 members (excludes halogenated alkanes) is 2. The Labute approximate surface area is 535 Å². The van der Waals surface area contributed by atoms with Crippen molar-refractivity contribution in [2.45, 2.75) is 167 Å². The smallest absolute Gasteiger partial charge is 0.338 e. The molecule has 5 rings (SSSR count). The van der Waals surface area contributed by atoms with Crippen molar-refractivity contribution in [3.05, 3.63) is 107 Å². The van der Waals surface area contributed by atoms with E-state index in [9.17, 15) is 56.1 Å². The lowest BCUT2D eigenvalue weighted by molar-refractivity contribution is -0.148. The first kappa shape index (κ1) is 74.0. The van der Waals surface area contributed by atoms with Gasteiger partial charge in [-0.1, -0.05) is 104 Å². The molecule has 0 aromatic heterocycles. The van der Waals surface area contributed by atoms with E-state index in [4.69, 9.17) is 14.2 Å². The van der Waals surface area contributed by atoms with Crippen LogP contribution in [0.15, 0.2) is 94.9 Å². The van der Waals surface area contributed by atoms with Gasteiger partial charge in [0.2, 0.25) is 29.5 Å². The number of imide groups is 1. The molecule has 91 heavy (non-hydrogen) atoms. The Morgan fingerprint density at radius 1 is 0.791 bits per heavy atom. The number of carbonyl (C=O) groups excluding carboxylic acids is 9. The Morgan fingerprint density at radius 3 is 2.00 bits per heavy atom. The van der Waals surface area contributed by atoms with Gasteiger partial charge in [-0.2, -0.15) is 13.5 Å². The standard InChI is InChI=1S/C66H93N9O15S/c1-15-41(6)59(73(12)65(83)57(39(2)3)69-64(82)58(40(4)5)72(10)11)51(88-13)38-56(79)74-36-22-25-50(74)60(89-14)42(7)62(80)67-44(9)61(46-23-18-16-19-24-46)90-66(84)47-29-27-45(28-30-47)43(8)70-71-63(81)49-32-31-48(37-52(49)91(85,86)87)68-53(76)26-20-17-21-35-75-54(77)33-34-55(75)78/h16,18-19,23-24,27-34,37,39-42,44,50-51,57-61H,15,17,20-22,25-26,35-36,38H2,1-14H3,(H,67,80)(H,68,76)(H,69,82)(H,71,81)(H,85,86,87)/t41-,42+,44+,50-,51+,57-,58+,59+,60+,61+/m0/s1. The molecule has 2 aliphatic heterocycles. The van der Waals surface area contributed by atoms with E-state index in [1.54, 1.807) is 80.1 Å². The summed E-state index contributed by atoms with van der Waals surface area (Å²) >= 11 is 0. The zero-order chi connectivity index (χ0) is 67.6. The number of nitrogens with one attached hydrogen (secondary N) is 4. The van der Waals surface area contributed by atoms with E-state index in [2.05, 4.69) is 26.5 Å². The predicted octanol–water partition coefficient (Wildman–Crippen LogP) is 6.56. The SMILES string of the molecule is CC[C@H](C)[C@H]([C@@H](CC(=O)N1CCC[C@H]1[C@H](OC)[C@@H](C)C(=O)N[C@H](C)[C@@H](OC(=O)c1ccc(C(C)=NNC(=O)c2ccc(NC(=O)CCCCCN3C(=O)C=CC3=O)cc2S(=O)(=O)O)cc1)c1ccccc1)OC)N(C)C(=O)[C@@H](NC(=O)[C@@H](C(C)C)N(C)C)C(C)C. The highest BCUT2D eigenvalue weighted by Crippen LogP contribution is 2.31. The normalized spacial score (nSPS) is 17.4. The van der Waals surface area contributed by atoms with E-state index in [0.29, 0.717) is 56.2 Å². The maximum atomic E-state index is 14.6. The topological polar surface area (TPSA) is 309 Å². The predicted molar refractivity (Wildman–Crippen MR) is 343 cm³/mol. The number of esters is 1. The minimum Gasteiger partial charge on any atom is -0.452 e. The van der Waals surface area contributed by atoms with E-state index in [1.807, 2.05) is 60.5 Å². The molecular weight excluding hydrogens is 1190 g/mol. The quantitative estimate of drug-likeness (QED) is 0.0108. The molecule has 0 bridgehead atoms. The third kappa shape index (κ3) is 19.9. The van der Waals surface area contributed by atoms with Gasteiger partial charge in [0, 0.05) is 58.6 Å². The largest absolute Gasteiger partial charge is 0.452 e. The number of likely N-dealkylation sites (tertiary alicyclic amines) is 1. The van der Waals surface area contributed by atoms with Gasteiger partial charge in [-0.05, 0) is 113 Å². The van der Waals surface area contributed by atoms with Crippen molar-refractivity contribution < 1.29 is 70.3 Å². The van der Waals surface area contributed by atoms with Crippen LogP contribution in [0.25, 0.3) is 0 Å². The number of hydrogen-bond donors (Lipinski definition) is 5. The summed E-state index contributed by atoms with van der Waals surface area (Å²) < 4.78 is 53.3. The van der Waals surface area contributed by atoms with Crippen molar-refractivity contribution in [2.75, 3.05) is 53.8 Å². The van der Waals surface area contributed by atoms with Gasteiger partial charge < -0.3 is 40.0 Å². The molecular formula is C66H93N9O15S. The molecule has 1 fully saturated rings. The zero-order valence-corrected chi connectivity index (χ0v) is 55.7. The second-order valence-corrected chi connectivity index (χ2v) is 25.8. The Bertz CT molecular complexity index is 3200. The second-order valence-electron chi connectivity index (χ2n) is 24.4. The Morgan fingerprint density at radius 2 is 1.43 bits per heavy atom. The lowest BCUT2D eigenvalue weighted by Crippen LogP contribution is -2.59. The lowest BCUT2D eigenvalue weighted by atomic mass is 9.89. The van der Waals surface area contributed by atoms with Crippen LogP contribution in [-0.4, -0.2) is 182 Å². The number of rotatable bonds is 33. The molecule has 5 N–H and O–H groups in total. The number of amides is 8. The summed E-state index contributed by atoms with van der Waals surface area (Å²) in [5.74, 6) is -5.28. The van der Waals surface area contributed by atoms with Crippen LogP contribution in [0, 0.1) is 23.7 Å². The highest BCUT2D eigenvalue weighted by Gasteiger charge is 2.44. The number of hydrogen-bond acceptors (Lipinski definition) is 16. The first-order valence-corrected chi connectivity index (χ1v) is 32.4. The van der Waals surface area contributed by atoms with Gasteiger partial charge in [-0.15, -0.1) is 0 Å². The second kappa shape index (κ2) is 34.1. The van der Waals surface area contributed by atoms with Crippen LogP contribution >= 0.6 is 0 Å². The van der Waals surface area contributed by atoms with E-state index in [-0.39, 0.29) is 71.8 Å². The van der Waals surface area contributed by atoms with Crippen molar-refractivity contribution in [3.63, 3.8) is 0 Å². The maximum absolute atomic E-state index is 14.6. The number of anilines is 1. The summed E-state index contributed by atoms with van der Waals surface area (Å²) in [7, 11) is 3.40. The molecule has 3 aromatic carbocycles. The highest BCUT2D eigenvalue weighted by atomic mass is 32.2. The molecule has 0 unspecified atom stereocenters. The molecule has 498 valence electrons. The average Bonchev–Trinajstić information content (AvgIpc) is 2.53. The molecule has 3 aromatic rings. The van der Waals surface area contributed by atoms with Crippen LogP contribution < -0.4 is 21.4 Å². The molecule has 0 radical (unpaired) electrons. The van der Waals surface area contributed by atoms with Gasteiger partial charge in [-0.25, -0.2) is 10.2 Å². The monoisotopic (exact) mass is 1280 g/mol. The van der Waals surface area contributed by atoms with Gasteiger partial charge in [0.25, 0.3) is 27.8 Å². The van der Waals surface area contributed by atoms with Crippen LogP contribution in [0.4, 0.5) is 5.69 Å². The first-order valence-electron chi connectivity index (χ1n) is 31.0. The minimum atomic E-state index is -4.98. The Kier molecular flexibility index (Phi) is 27.7. The van der Waals surface area contributed by atoms with Crippen LogP contribution in [0.2, 0.25) is 0 Å². The van der Waals surface area contributed by atoms with Gasteiger partial charge in [0.15, 0.2) is 0 Å². The highest BCUT2D eigenvalue weighted by molar-refractivity contribution is 7.86. The van der Waals surface area contributed by atoms with Crippen LogP contribution in [0.5, 0.6) is 0 Å². The van der Waals surface area contributed by atoms with Crippen molar-refractivity contribution in [2.24, 2.45) is 28.8 Å². The summed E-state index contributed by atoms with van der Waals surface area (Å²) in [5, 5.41) is 12.7. The molecule has 2 aliphatic rings. The maximum Gasteiger partial charge on any atom is 0.338 e. The van der Waals surface area contributed by atoms with Crippen molar-refractivity contribution in [1.29, 1.82) is 0 Å². The molecule has 0 saturated carbocycles. The fourth-order valence-electron chi connectivity index (χ4n) is 11.8. The molecule has 25 heteroatoms. The van der Waals surface area contributed by atoms with Gasteiger partial charge >= 0.3 is 5.97 Å². The molecule has 0 aliphatic carbocycles. The Hall–Kier alpha value is -7.71. The molecule has 0 spiro atoms. The fourth-order valence-corrected chi connectivity index (χ4v) is 12.6. The number of ether oxygens (including phenoxy) is 3. The summed E-state index contributed by atoms with van der Waals surface area (Å²) in [6, 6.07) is 15.2. The van der Waals surface area contributed by atoms with Crippen LogP contribution in [0.3, 0.4) is 0 Å². The third-order valence-electron chi connectivity index (χ3n) is 17.0. The molecule has 8 amide bonds. The lowest BCUT2D eigenvalue weighted by Gasteiger charge is -2.41. The summed E-state index contributed by atoms with van der Waals surface area (Å²) in [6.45, 7) is 17.3. The average molecular weight is 1280 g/mol. The summed E-state index contributed by atoms with van der Waals surface area (Å²) in [4.78, 5) is 126. The van der Waals surface area contributed by atoms with Gasteiger partial charge in [0.05, 0.1) is 65.6 Å². The van der Waals surface area contributed by atoms with E-state index in [1.165, 1.54) is 44.6 Å². The molecule has 24 nitrogen and oxygen atoms in total. The van der Waals surface area contributed by atoms with Crippen LogP contribution in [-0.2, 0) is 57.9 Å². The van der Waals surface area contributed by atoms with Crippen molar-refractivity contribution in [3.8, 4) is 0 Å². The van der Waals surface area contributed by atoms with Crippen molar-refractivity contribution in [1.82, 2.24) is 35.7 Å². The van der Waals surface area contributed by atoms with Crippen LogP contribution in [0.1, 0.15) is 152 Å². The van der Waals surface area contributed by atoms with Crippen molar-refractivity contribution >= 4 is 74.7 Å². The minimum absolute atomic E-state index is 0.00283. The third-order valence-corrected chi connectivity index (χ3v) is 17.9. The summed E-state index contributed by atoms with van der Waals surface area (Å²) in [6.07, 6.45) is 3.20. The van der Waals surface area contributed by atoms with E-state index >= 15 is 0 Å². The molecule has 1 saturated heterocycles. The number of carbonyl (C=O) groups is 9. The molecule has 2 heterocycles. The number of hydrazone groups is 1. The van der Waals surface area contributed by atoms with Gasteiger partial charge in [-0.3, -0.25) is 52.7 Å². The Balaban J connectivity index is 1.22. The first-order chi connectivity index (χ1) is 42.9. The number of methoxy groups -OCH3 is 2. The van der Waals surface area contributed by atoms with Gasteiger partial charge in [0.1, 0.15) is 17.0 Å². The van der Waals surface area contributed by atoms with E-state index < -0.39 is 111 Å². The fraction of sp³-hybridized carbons (Fsp3) is 0.545. The number of nitrogens with zero attached hydrogens (tertiary/aromatic N) is 5.